The van der Waals surface area contributed by atoms with Crippen LogP contribution in [-0.4, -0.2) is 38.9 Å². The molecule has 0 heterocycles. The highest BCUT2D eigenvalue weighted by Gasteiger charge is 2.31. The Kier molecular flexibility index (Phi) is 3.89. The van der Waals surface area contributed by atoms with Gasteiger partial charge in [-0.05, 0) is 19.8 Å². The van der Waals surface area contributed by atoms with Crippen molar-refractivity contribution in [2.75, 3.05) is 27.4 Å². The van der Waals surface area contributed by atoms with Crippen molar-refractivity contribution in [1.29, 1.82) is 0 Å². The molecule has 0 bridgehead atoms. The molecule has 4 heteroatoms. The molecule has 1 amide bonds. The molecular weight excluding hydrogens is 182 g/mol. The molecule has 82 valence electrons. The van der Waals surface area contributed by atoms with Gasteiger partial charge < -0.3 is 14.8 Å². The second-order valence-corrected chi connectivity index (χ2v) is 4.08. The molecule has 1 aliphatic rings. The van der Waals surface area contributed by atoms with E-state index >= 15 is 0 Å². The van der Waals surface area contributed by atoms with Gasteiger partial charge in [-0.3, -0.25) is 4.79 Å². The van der Waals surface area contributed by atoms with Crippen molar-refractivity contribution in [1.82, 2.24) is 5.32 Å². The molecule has 0 saturated heterocycles. The van der Waals surface area contributed by atoms with Crippen molar-refractivity contribution in [2.24, 2.45) is 5.92 Å². The third kappa shape index (κ3) is 3.27. The van der Waals surface area contributed by atoms with Crippen LogP contribution >= 0.6 is 0 Å². The van der Waals surface area contributed by atoms with Crippen LogP contribution in [0, 0.1) is 5.92 Å². The summed E-state index contributed by atoms with van der Waals surface area (Å²) in [5, 5.41) is 2.88. The first-order valence-corrected chi connectivity index (χ1v) is 4.93. The fourth-order valence-corrected chi connectivity index (χ4v) is 1.25. The molecule has 1 aliphatic carbocycles. The van der Waals surface area contributed by atoms with Crippen molar-refractivity contribution < 1.29 is 14.3 Å². The highest BCUT2D eigenvalue weighted by atomic mass is 16.5. The lowest BCUT2D eigenvalue weighted by atomic mass is 10.1. The molecule has 0 aromatic carbocycles. The predicted octanol–water partition coefficient (Wildman–Crippen LogP) is 0.564. The van der Waals surface area contributed by atoms with E-state index in [-0.39, 0.29) is 11.8 Å². The van der Waals surface area contributed by atoms with E-state index in [2.05, 4.69) is 5.32 Å². The zero-order chi connectivity index (χ0) is 10.6. The van der Waals surface area contributed by atoms with Crippen LogP contribution in [-0.2, 0) is 14.3 Å². The monoisotopic (exact) mass is 201 g/mol. The Morgan fingerprint density at radius 2 is 2.14 bits per heavy atom. The van der Waals surface area contributed by atoms with Crippen molar-refractivity contribution in [2.45, 2.75) is 25.4 Å². The lowest BCUT2D eigenvalue weighted by Crippen LogP contribution is -2.45. The average Bonchev–Trinajstić information content (AvgIpc) is 2.98. The fourth-order valence-electron chi connectivity index (χ4n) is 1.25. The van der Waals surface area contributed by atoms with Gasteiger partial charge in [0.25, 0.3) is 0 Å². The SMILES string of the molecule is COC[C@](C)(CNC(=O)C1CC1)OC. The number of hydrogen-bond donors (Lipinski definition) is 1. The molecule has 1 atom stereocenters. The number of hydrogen-bond acceptors (Lipinski definition) is 3. The van der Waals surface area contributed by atoms with Gasteiger partial charge in [0.2, 0.25) is 5.91 Å². The Morgan fingerprint density at radius 3 is 2.57 bits per heavy atom. The summed E-state index contributed by atoms with van der Waals surface area (Å²) in [5.74, 6) is 0.392. The first-order valence-electron chi connectivity index (χ1n) is 4.93. The highest BCUT2D eigenvalue weighted by Crippen LogP contribution is 2.28. The van der Waals surface area contributed by atoms with Crippen LogP contribution in [0.1, 0.15) is 19.8 Å². The Morgan fingerprint density at radius 1 is 1.50 bits per heavy atom. The van der Waals surface area contributed by atoms with Gasteiger partial charge in [0.15, 0.2) is 0 Å². The Bertz CT molecular complexity index is 204. The van der Waals surface area contributed by atoms with E-state index in [0.717, 1.165) is 12.8 Å². The number of carbonyl (C=O) groups is 1. The van der Waals surface area contributed by atoms with Gasteiger partial charge in [-0.1, -0.05) is 0 Å². The van der Waals surface area contributed by atoms with Crippen molar-refractivity contribution in [3.05, 3.63) is 0 Å². The number of ether oxygens (including phenoxy) is 2. The van der Waals surface area contributed by atoms with Crippen LogP contribution in [0.4, 0.5) is 0 Å². The normalized spacial score (nSPS) is 20.2. The fraction of sp³-hybridized carbons (Fsp3) is 0.900. The molecule has 0 spiro atoms. The zero-order valence-corrected chi connectivity index (χ0v) is 9.13. The third-order valence-corrected chi connectivity index (χ3v) is 2.53. The van der Waals surface area contributed by atoms with Gasteiger partial charge in [0.1, 0.15) is 5.60 Å². The highest BCUT2D eigenvalue weighted by molar-refractivity contribution is 5.80. The maximum atomic E-state index is 11.4. The molecule has 0 aromatic rings. The summed E-state index contributed by atoms with van der Waals surface area (Å²) in [6.45, 7) is 2.91. The largest absolute Gasteiger partial charge is 0.382 e. The third-order valence-electron chi connectivity index (χ3n) is 2.53. The van der Waals surface area contributed by atoms with E-state index in [4.69, 9.17) is 9.47 Å². The molecule has 0 aliphatic heterocycles. The van der Waals surface area contributed by atoms with Crippen LogP contribution in [0.2, 0.25) is 0 Å². The van der Waals surface area contributed by atoms with Crippen LogP contribution in [0.25, 0.3) is 0 Å². The minimum absolute atomic E-state index is 0.143. The summed E-state index contributed by atoms with van der Waals surface area (Å²) in [7, 11) is 3.25. The summed E-state index contributed by atoms with van der Waals surface area (Å²) in [4.78, 5) is 11.4. The molecule has 0 unspecified atom stereocenters. The minimum atomic E-state index is -0.417. The number of rotatable bonds is 6. The number of methoxy groups -OCH3 is 2. The second-order valence-electron chi connectivity index (χ2n) is 4.08. The lowest BCUT2D eigenvalue weighted by Gasteiger charge is -2.27. The quantitative estimate of drug-likeness (QED) is 0.683. The summed E-state index contributed by atoms with van der Waals surface area (Å²) >= 11 is 0. The van der Waals surface area contributed by atoms with Crippen molar-refractivity contribution in [3.63, 3.8) is 0 Å². The topological polar surface area (TPSA) is 47.6 Å². The molecule has 14 heavy (non-hydrogen) atoms. The molecular formula is C10H19NO3. The molecule has 0 radical (unpaired) electrons. The first-order chi connectivity index (χ1) is 6.61. The van der Waals surface area contributed by atoms with Crippen LogP contribution in [0.5, 0.6) is 0 Å². The van der Waals surface area contributed by atoms with E-state index in [1.165, 1.54) is 0 Å². The molecule has 0 aromatic heterocycles. The van der Waals surface area contributed by atoms with Gasteiger partial charge in [0, 0.05) is 26.7 Å². The Balaban J connectivity index is 2.28. The summed E-state index contributed by atoms with van der Waals surface area (Å²) in [5.41, 5.74) is -0.417. The smallest absolute Gasteiger partial charge is 0.223 e. The summed E-state index contributed by atoms with van der Waals surface area (Å²) in [6, 6.07) is 0. The van der Waals surface area contributed by atoms with Crippen molar-refractivity contribution >= 4 is 5.91 Å². The average molecular weight is 201 g/mol. The zero-order valence-electron chi connectivity index (χ0n) is 9.13. The molecule has 4 nitrogen and oxygen atoms in total. The van der Waals surface area contributed by atoms with Gasteiger partial charge in [-0.15, -0.1) is 0 Å². The predicted molar refractivity (Wildman–Crippen MR) is 53.0 cm³/mol. The van der Waals surface area contributed by atoms with E-state index in [0.29, 0.717) is 13.2 Å². The van der Waals surface area contributed by atoms with E-state index in [9.17, 15) is 4.79 Å². The van der Waals surface area contributed by atoms with Gasteiger partial charge in [0.05, 0.1) is 6.61 Å². The molecule has 1 fully saturated rings. The van der Waals surface area contributed by atoms with Crippen LogP contribution in [0.3, 0.4) is 0 Å². The Labute approximate surface area is 85.0 Å². The van der Waals surface area contributed by atoms with E-state index < -0.39 is 5.60 Å². The standard InChI is InChI=1S/C10H19NO3/c1-10(14-3,7-13-2)6-11-9(12)8-4-5-8/h8H,4-7H2,1-3H3,(H,11,12)/t10-/m0/s1. The summed E-state index contributed by atoms with van der Waals surface area (Å²) < 4.78 is 10.3. The molecule has 1 N–H and O–H groups in total. The molecule has 1 rings (SSSR count). The maximum Gasteiger partial charge on any atom is 0.223 e. The first kappa shape index (κ1) is 11.5. The number of carbonyl (C=O) groups excluding carboxylic acids is 1. The van der Waals surface area contributed by atoms with E-state index in [1.54, 1.807) is 14.2 Å². The van der Waals surface area contributed by atoms with Gasteiger partial charge in [-0.2, -0.15) is 0 Å². The Hall–Kier alpha value is -0.610. The maximum absolute atomic E-state index is 11.4. The van der Waals surface area contributed by atoms with Gasteiger partial charge in [-0.25, -0.2) is 0 Å². The number of amides is 1. The number of nitrogens with one attached hydrogen (secondary N) is 1. The van der Waals surface area contributed by atoms with Crippen LogP contribution in [0.15, 0.2) is 0 Å². The molecule has 1 saturated carbocycles. The summed E-state index contributed by atoms with van der Waals surface area (Å²) in [6.07, 6.45) is 2.06. The van der Waals surface area contributed by atoms with Crippen LogP contribution < -0.4 is 5.32 Å². The lowest BCUT2D eigenvalue weighted by molar-refractivity contribution is -0.124. The minimum Gasteiger partial charge on any atom is -0.382 e. The second kappa shape index (κ2) is 4.75. The van der Waals surface area contributed by atoms with Crippen molar-refractivity contribution in [3.8, 4) is 0 Å². The van der Waals surface area contributed by atoms with E-state index in [1.807, 2.05) is 6.92 Å². The van der Waals surface area contributed by atoms with Gasteiger partial charge >= 0.3 is 0 Å².